The Hall–Kier alpha value is -2.04. The fourth-order valence-corrected chi connectivity index (χ4v) is 2.96. The zero-order valence-corrected chi connectivity index (χ0v) is 12.7. The van der Waals surface area contributed by atoms with Crippen LogP contribution in [0.15, 0.2) is 18.2 Å². The van der Waals surface area contributed by atoms with Crippen LogP contribution in [0.5, 0.6) is 0 Å². The molecule has 0 spiro atoms. The van der Waals surface area contributed by atoms with Gasteiger partial charge in [0, 0.05) is 12.1 Å². The van der Waals surface area contributed by atoms with Crippen molar-refractivity contribution in [3.63, 3.8) is 0 Å². The molecule has 0 aliphatic carbocycles. The van der Waals surface area contributed by atoms with Crippen LogP contribution in [0.2, 0.25) is 0 Å². The average molecular weight is 290 g/mol. The van der Waals surface area contributed by atoms with E-state index in [0.29, 0.717) is 5.69 Å². The highest BCUT2D eigenvalue weighted by Crippen LogP contribution is 2.27. The summed E-state index contributed by atoms with van der Waals surface area (Å²) in [6.07, 6.45) is 2.91. The molecule has 1 aliphatic rings. The van der Waals surface area contributed by atoms with E-state index in [9.17, 15) is 14.7 Å². The lowest BCUT2D eigenvalue weighted by molar-refractivity contribution is 0.0698. The number of aromatic carboxylic acids is 1. The number of anilines is 1. The van der Waals surface area contributed by atoms with E-state index in [1.165, 1.54) is 0 Å². The van der Waals surface area contributed by atoms with Gasteiger partial charge in [0.2, 0.25) is 0 Å². The summed E-state index contributed by atoms with van der Waals surface area (Å²) in [4.78, 5) is 25.6. The maximum absolute atomic E-state index is 12.5. The summed E-state index contributed by atoms with van der Waals surface area (Å²) in [6, 6.07) is 5.24. The van der Waals surface area contributed by atoms with Gasteiger partial charge in [-0.2, -0.15) is 0 Å². The molecule has 1 aliphatic heterocycles. The predicted octanol–water partition coefficient (Wildman–Crippen LogP) is 3.49. The molecule has 1 heterocycles. The van der Waals surface area contributed by atoms with E-state index in [1.54, 1.807) is 18.2 Å². The SMILES string of the molecule is CCC1CCC(C)N1C(=O)Nc1ccc(C)cc1C(=O)O. The van der Waals surface area contributed by atoms with E-state index in [4.69, 9.17) is 0 Å². The number of aryl methyl sites for hydroxylation is 1. The number of urea groups is 1. The number of carboxylic acid groups (broad SMARTS) is 1. The Morgan fingerprint density at radius 1 is 1.38 bits per heavy atom. The summed E-state index contributed by atoms with van der Waals surface area (Å²) in [5.41, 5.74) is 1.33. The first-order valence-corrected chi connectivity index (χ1v) is 7.37. The molecule has 0 radical (unpaired) electrons. The summed E-state index contributed by atoms with van der Waals surface area (Å²) in [6.45, 7) is 5.92. The minimum absolute atomic E-state index is 0.128. The molecule has 2 unspecified atom stereocenters. The van der Waals surface area contributed by atoms with Gasteiger partial charge in [-0.1, -0.05) is 18.6 Å². The summed E-state index contributed by atoms with van der Waals surface area (Å²) in [7, 11) is 0. The van der Waals surface area contributed by atoms with E-state index < -0.39 is 5.97 Å². The van der Waals surface area contributed by atoms with E-state index in [2.05, 4.69) is 12.2 Å². The Morgan fingerprint density at radius 2 is 2.10 bits per heavy atom. The zero-order valence-electron chi connectivity index (χ0n) is 12.7. The molecule has 0 saturated carbocycles. The Balaban J connectivity index is 2.22. The normalized spacial score (nSPS) is 21.4. The summed E-state index contributed by atoms with van der Waals surface area (Å²) < 4.78 is 0. The molecule has 5 nitrogen and oxygen atoms in total. The van der Waals surface area contributed by atoms with Crippen LogP contribution < -0.4 is 5.32 Å². The van der Waals surface area contributed by atoms with Crippen LogP contribution >= 0.6 is 0 Å². The lowest BCUT2D eigenvalue weighted by Gasteiger charge is -2.28. The molecule has 1 aromatic carbocycles. The van der Waals surface area contributed by atoms with Gasteiger partial charge in [0.25, 0.3) is 0 Å². The van der Waals surface area contributed by atoms with E-state index >= 15 is 0 Å². The van der Waals surface area contributed by atoms with E-state index in [0.717, 1.165) is 24.8 Å². The first-order valence-electron chi connectivity index (χ1n) is 7.37. The lowest BCUT2D eigenvalue weighted by atomic mass is 10.1. The van der Waals surface area contributed by atoms with E-state index in [-0.39, 0.29) is 23.7 Å². The third kappa shape index (κ3) is 3.17. The van der Waals surface area contributed by atoms with Gasteiger partial charge < -0.3 is 15.3 Å². The van der Waals surface area contributed by atoms with Crippen molar-refractivity contribution in [2.75, 3.05) is 5.32 Å². The molecule has 2 atom stereocenters. The second-order valence-corrected chi connectivity index (χ2v) is 5.68. The molecule has 2 rings (SSSR count). The Bertz CT molecular complexity index is 556. The minimum atomic E-state index is -1.03. The van der Waals surface area contributed by atoms with E-state index in [1.807, 2.05) is 18.7 Å². The average Bonchev–Trinajstić information content (AvgIpc) is 2.81. The largest absolute Gasteiger partial charge is 0.478 e. The van der Waals surface area contributed by atoms with Crippen molar-refractivity contribution in [2.45, 2.75) is 52.1 Å². The van der Waals surface area contributed by atoms with Crippen molar-refractivity contribution < 1.29 is 14.7 Å². The van der Waals surface area contributed by atoms with Crippen LogP contribution in [0.3, 0.4) is 0 Å². The number of rotatable bonds is 3. The number of likely N-dealkylation sites (tertiary alicyclic amines) is 1. The van der Waals surface area contributed by atoms with Crippen LogP contribution in [-0.2, 0) is 0 Å². The smallest absolute Gasteiger partial charge is 0.337 e. The van der Waals surface area contributed by atoms with Crippen LogP contribution in [-0.4, -0.2) is 34.1 Å². The number of nitrogens with one attached hydrogen (secondary N) is 1. The number of nitrogens with zero attached hydrogens (tertiary/aromatic N) is 1. The number of carbonyl (C=O) groups excluding carboxylic acids is 1. The van der Waals surface area contributed by atoms with Gasteiger partial charge in [-0.25, -0.2) is 9.59 Å². The molecule has 1 aromatic rings. The van der Waals surface area contributed by atoms with Gasteiger partial charge in [0.15, 0.2) is 0 Å². The molecule has 2 amide bonds. The first-order chi connectivity index (χ1) is 9.93. The highest BCUT2D eigenvalue weighted by atomic mass is 16.4. The maximum Gasteiger partial charge on any atom is 0.337 e. The van der Waals surface area contributed by atoms with Crippen molar-refractivity contribution in [3.8, 4) is 0 Å². The number of amides is 2. The highest BCUT2D eigenvalue weighted by Gasteiger charge is 2.33. The van der Waals surface area contributed by atoms with Gasteiger partial charge in [0.05, 0.1) is 11.3 Å². The molecular formula is C16H22N2O3. The molecule has 21 heavy (non-hydrogen) atoms. The molecule has 2 N–H and O–H groups in total. The standard InChI is InChI=1S/C16H22N2O3/c1-4-12-7-6-11(3)18(12)16(21)17-14-8-5-10(2)9-13(14)15(19)20/h5,8-9,11-12H,4,6-7H2,1-3H3,(H,17,21)(H,19,20). The van der Waals surface area contributed by atoms with Crippen molar-refractivity contribution in [1.29, 1.82) is 0 Å². The molecule has 1 fully saturated rings. The molecule has 5 heteroatoms. The van der Waals surface area contributed by atoms with Crippen molar-refractivity contribution in [3.05, 3.63) is 29.3 Å². The highest BCUT2D eigenvalue weighted by molar-refractivity contribution is 6.00. The third-order valence-electron chi connectivity index (χ3n) is 4.14. The first kappa shape index (κ1) is 15.4. The van der Waals surface area contributed by atoms with Gasteiger partial charge in [-0.15, -0.1) is 0 Å². The molecular weight excluding hydrogens is 268 g/mol. The Labute approximate surface area is 125 Å². The van der Waals surface area contributed by atoms with Crippen LogP contribution in [0.1, 0.15) is 49.0 Å². The fraction of sp³-hybridized carbons (Fsp3) is 0.500. The molecule has 114 valence electrons. The second-order valence-electron chi connectivity index (χ2n) is 5.68. The van der Waals surface area contributed by atoms with Crippen molar-refractivity contribution >= 4 is 17.7 Å². The number of carboxylic acids is 1. The van der Waals surface area contributed by atoms with Crippen LogP contribution in [0, 0.1) is 6.92 Å². The predicted molar refractivity (Wildman–Crippen MR) is 81.8 cm³/mol. The zero-order chi connectivity index (χ0) is 15.6. The summed E-state index contributed by atoms with van der Waals surface area (Å²) in [5.74, 6) is -1.03. The molecule has 0 bridgehead atoms. The fourth-order valence-electron chi connectivity index (χ4n) is 2.96. The van der Waals surface area contributed by atoms with Crippen LogP contribution in [0.4, 0.5) is 10.5 Å². The van der Waals surface area contributed by atoms with Gasteiger partial charge in [-0.05, 0) is 45.2 Å². The van der Waals surface area contributed by atoms with Crippen LogP contribution in [0.25, 0.3) is 0 Å². The minimum Gasteiger partial charge on any atom is -0.478 e. The third-order valence-corrected chi connectivity index (χ3v) is 4.14. The van der Waals surface area contributed by atoms with Crippen molar-refractivity contribution in [1.82, 2.24) is 4.90 Å². The Kier molecular flexibility index (Phi) is 4.50. The van der Waals surface area contributed by atoms with Gasteiger partial charge in [-0.3, -0.25) is 0 Å². The lowest BCUT2D eigenvalue weighted by Crippen LogP contribution is -2.42. The van der Waals surface area contributed by atoms with Gasteiger partial charge >= 0.3 is 12.0 Å². The summed E-state index contributed by atoms with van der Waals surface area (Å²) in [5, 5.41) is 12.0. The maximum atomic E-state index is 12.5. The number of benzene rings is 1. The molecule has 0 aromatic heterocycles. The number of hydrogen-bond donors (Lipinski definition) is 2. The van der Waals surface area contributed by atoms with Crippen molar-refractivity contribution in [2.24, 2.45) is 0 Å². The van der Waals surface area contributed by atoms with Gasteiger partial charge in [0.1, 0.15) is 0 Å². The Morgan fingerprint density at radius 3 is 2.71 bits per heavy atom. The number of carbonyl (C=O) groups is 2. The topological polar surface area (TPSA) is 69.6 Å². The quantitative estimate of drug-likeness (QED) is 0.895. The summed E-state index contributed by atoms with van der Waals surface area (Å²) >= 11 is 0. The number of hydrogen-bond acceptors (Lipinski definition) is 2. The molecule has 1 saturated heterocycles. The monoisotopic (exact) mass is 290 g/mol. The second kappa shape index (κ2) is 6.16.